The molecule has 0 aliphatic rings. The lowest BCUT2D eigenvalue weighted by Gasteiger charge is -2.15. The molecule has 1 aromatic heterocycles. The van der Waals surface area contributed by atoms with Crippen molar-refractivity contribution in [3.05, 3.63) is 35.0 Å². The van der Waals surface area contributed by atoms with Crippen molar-refractivity contribution in [3.8, 4) is 0 Å². The molecule has 1 rings (SSSR count). The summed E-state index contributed by atoms with van der Waals surface area (Å²) in [5, 5.41) is 9.36. The van der Waals surface area contributed by atoms with Crippen molar-refractivity contribution in [3.63, 3.8) is 0 Å². The van der Waals surface area contributed by atoms with E-state index in [2.05, 4.69) is 22.5 Å². The average Bonchev–Trinajstić information content (AvgIpc) is 3.01. The van der Waals surface area contributed by atoms with Crippen LogP contribution in [0.5, 0.6) is 0 Å². The summed E-state index contributed by atoms with van der Waals surface area (Å²) in [6.07, 6.45) is 2.21. The van der Waals surface area contributed by atoms with Gasteiger partial charge in [0.15, 0.2) is 0 Å². The second kappa shape index (κ2) is 8.91. The minimum Gasteiger partial charge on any atom is -0.347 e. The van der Waals surface area contributed by atoms with Crippen LogP contribution in [0, 0.1) is 0 Å². The van der Waals surface area contributed by atoms with Gasteiger partial charge in [0.05, 0.1) is 12.6 Å². The van der Waals surface area contributed by atoms with Crippen LogP contribution in [-0.4, -0.2) is 30.8 Å². The van der Waals surface area contributed by atoms with Crippen LogP contribution in [-0.2, 0) is 14.4 Å². The van der Waals surface area contributed by atoms with Crippen LogP contribution in [0.25, 0.3) is 0 Å². The first-order chi connectivity index (χ1) is 10.1. The number of amides is 3. The molecule has 0 fully saturated rings. The SMILES string of the molecule is C=CCNC(=O)C(=O)NCC(=O)NC(CC)c1cccs1. The van der Waals surface area contributed by atoms with Crippen molar-refractivity contribution in [2.75, 3.05) is 13.1 Å². The fourth-order valence-electron chi connectivity index (χ4n) is 1.60. The average molecular weight is 309 g/mol. The zero-order chi connectivity index (χ0) is 15.7. The van der Waals surface area contributed by atoms with Crippen molar-refractivity contribution >= 4 is 29.1 Å². The molecule has 1 heterocycles. The monoisotopic (exact) mass is 309 g/mol. The van der Waals surface area contributed by atoms with Crippen LogP contribution in [0.15, 0.2) is 30.2 Å². The number of hydrogen-bond donors (Lipinski definition) is 3. The van der Waals surface area contributed by atoms with E-state index in [1.54, 1.807) is 11.3 Å². The molecule has 21 heavy (non-hydrogen) atoms. The molecule has 6 nitrogen and oxygen atoms in total. The Kier molecular flexibility index (Phi) is 7.17. The minimum absolute atomic E-state index is 0.0796. The third-order valence-electron chi connectivity index (χ3n) is 2.65. The highest BCUT2D eigenvalue weighted by atomic mass is 32.1. The van der Waals surface area contributed by atoms with E-state index < -0.39 is 11.8 Å². The molecular formula is C14H19N3O3S. The summed E-state index contributed by atoms with van der Waals surface area (Å²) >= 11 is 1.56. The minimum atomic E-state index is -0.837. The predicted molar refractivity (Wildman–Crippen MR) is 81.7 cm³/mol. The Morgan fingerprint density at radius 1 is 1.33 bits per heavy atom. The maximum Gasteiger partial charge on any atom is 0.309 e. The maximum absolute atomic E-state index is 11.8. The van der Waals surface area contributed by atoms with Crippen LogP contribution in [0.3, 0.4) is 0 Å². The van der Waals surface area contributed by atoms with Gasteiger partial charge in [0.25, 0.3) is 0 Å². The van der Waals surface area contributed by atoms with E-state index in [1.165, 1.54) is 6.08 Å². The molecule has 0 saturated heterocycles. The molecular weight excluding hydrogens is 290 g/mol. The third-order valence-corrected chi connectivity index (χ3v) is 3.64. The molecule has 3 amide bonds. The predicted octanol–water partition coefficient (Wildman–Crippen LogP) is 0.734. The third kappa shape index (κ3) is 5.78. The number of carbonyl (C=O) groups is 3. The zero-order valence-electron chi connectivity index (χ0n) is 11.8. The van der Waals surface area contributed by atoms with Gasteiger partial charge in [0, 0.05) is 11.4 Å². The number of hydrogen-bond acceptors (Lipinski definition) is 4. The molecule has 0 aliphatic carbocycles. The van der Waals surface area contributed by atoms with Crippen molar-refractivity contribution in [2.45, 2.75) is 19.4 Å². The largest absolute Gasteiger partial charge is 0.347 e. The Balaban J connectivity index is 2.38. The standard InChI is InChI=1S/C14H19N3O3S/c1-3-7-15-13(19)14(20)16-9-12(18)17-10(4-2)11-6-5-8-21-11/h3,5-6,8,10H,1,4,7,9H2,2H3,(H,15,19)(H,16,20)(H,17,18). The van der Waals surface area contributed by atoms with Crippen molar-refractivity contribution in [1.82, 2.24) is 16.0 Å². The fourth-order valence-corrected chi connectivity index (χ4v) is 2.46. The van der Waals surface area contributed by atoms with Crippen molar-refractivity contribution < 1.29 is 14.4 Å². The smallest absolute Gasteiger partial charge is 0.309 e. The molecule has 0 aliphatic heterocycles. The molecule has 1 aromatic rings. The van der Waals surface area contributed by atoms with Crippen LogP contribution >= 0.6 is 11.3 Å². The van der Waals surface area contributed by atoms with Gasteiger partial charge < -0.3 is 16.0 Å². The summed E-state index contributed by atoms with van der Waals surface area (Å²) in [5.74, 6) is -1.95. The van der Waals surface area contributed by atoms with E-state index in [4.69, 9.17) is 0 Å². The van der Waals surface area contributed by atoms with E-state index >= 15 is 0 Å². The summed E-state index contributed by atoms with van der Waals surface area (Å²) in [6, 6.07) is 3.78. The second-order valence-corrected chi connectivity index (χ2v) is 5.20. The topological polar surface area (TPSA) is 87.3 Å². The normalized spacial score (nSPS) is 11.3. The molecule has 0 aromatic carbocycles. The van der Waals surface area contributed by atoms with Crippen LogP contribution in [0.1, 0.15) is 24.3 Å². The van der Waals surface area contributed by atoms with E-state index in [0.717, 1.165) is 11.3 Å². The van der Waals surface area contributed by atoms with Crippen LogP contribution < -0.4 is 16.0 Å². The Morgan fingerprint density at radius 2 is 2.05 bits per heavy atom. The Morgan fingerprint density at radius 3 is 2.62 bits per heavy atom. The lowest BCUT2D eigenvalue weighted by Crippen LogP contribution is -2.44. The van der Waals surface area contributed by atoms with Crippen molar-refractivity contribution in [1.29, 1.82) is 0 Å². The second-order valence-electron chi connectivity index (χ2n) is 4.23. The first-order valence-electron chi connectivity index (χ1n) is 6.58. The van der Waals surface area contributed by atoms with Gasteiger partial charge in [-0.15, -0.1) is 17.9 Å². The van der Waals surface area contributed by atoms with Gasteiger partial charge in [-0.25, -0.2) is 0 Å². The summed E-state index contributed by atoms with van der Waals surface area (Å²) in [6.45, 7) is 5.36. The summed E-state index contributed by atoms with van der Waals surface area (Å²) in [5.41, 5.74) is 0. The van der Waals surface area contributed by atoms with Gasteiger partial charge >= 0.3 is 11.8 Å². The summed E-state index contributed by atoms with van der Waals surface area (Å²) in [7, 11) is 0. The van der Waals surface area contributed by atoms with E-state index in [0.29, 0.717) is 0 Å². The van der Waals surface area contributed by atoms with Crippen LogP contribution in [0.2, 0.25) is 0 Å². The molecule has 1 atom stereocenters. The van der Waals surface area contributed by atoms with E-state index in [-0.39, 0.29) is 25.0 Å². The highest BCUT2D eigenvalue weighted by Gasteiger charge is 2.16. The summed E-state index contributed by atoms with van der Waals surface area (Å²) in [4.78, 5) is 35.5. The highest BCUT2D eigenvalue weighted by molar-refractivity contribution is 7.10. The highest BCUT2D eigenvalue weighted by Crippen LogP contribution is 2.21. The number of thiophene rings is 1. The fraction of sp³-hybridized carbons (Fsp3) is 0.357. The lowest BCUT2D eigenvalue weighted by atomic mass is 10.2. The first-order valence-corrected chi connectivity index (χ1v) is 7.46. The number of carbonyl (C=O) groups excluding carboxylic acids is 3. The van der Waals surface area contributed by atoms with E-state index in [9.17, 15) is 14.4 Å². The Hall–Kier alpha value is -2.15. The number of rotatable bonds is 7. The van der Waals surface area contributed by atoms with Gasteiger partial charge in [0.1, 0.15) is 0 Å². The summed E-state index contributed by atoms with van der Waals surface area (Å²) < 4.78 is 0. The molecule has 7 heteroatoms. The molecule has 1 unspecified atom stereocenters. The molecule has 3 N–H and O–H groups in total. The molecule has 0 spiro atoms. The zero-order valence-corrected chi connectivity index (χ0v) is 12.7. The Labute approximate surface area is 127 Å². The van der Waals surface area contributed by atoms with E-state index in [1.807, 2.05) is 24.4 Å². The maximum atomic E-state index is 11.8. The quantitative estimate of drug-likeness (QED) is 0.513. The van der Waals surface area contributed by atoms with Gasteiger partial charge in [0.2, 0.25) is 5.91 Å². The first kappa shape index (κ1) is 16.9. The molecule has 114 valence electrons. The van der Waals surface area contributed by atoms with Gasteiger partial charge in [-0.1, -0.05) is 19.1 Å². The van der Waals surface area contributed by atoms with Crippen LogP contribution in [0.4, 0.5) is 0 Å². The Bertz CT molecular complexity index is 500. The molecule has 0 radical (unpaired) electrons. The van der Waals surface area contributed by atoms with Crippen molar-refractivity contribution in [2.24, 2.45) is 0 Å². The molecule has 0 saturated carbocycles. The van der Waals surface area contributed by atoms with Gasteiger partial charge in [-0.3, -0.25) is 14.4 Å². The van der Waals surface area contributed by atoms with Gasteiger partial charge in [-0.2, -0.15) is 0 Å². The lowest BCUT2D eigenvalue weighted by molar-refractivity contribution is -0.139. The molecule has 0 bridgehead atoms. The van der Waals surface area contributed by atoms with Gasteiger partial charge in [-0.05, 0) is 17.9 Å². The number of nitrogens with one attached hydrogen (secondary N) is 3.